The second kappa shape index (κ2) is 7.76. The lowest BCUT2D eigenvalue weighted by Gasteiger charge is -2.20. The molecule has 23 heavy (non-hydrogen) atoms. The van der Waals surface area contributed by atoms with Gasteiger partial charge >= 0.3 is 0 Å². The molecule has 0 aliphatic carbocycles. The van der Waals surface area contributed by atoms with Gasteiger partial charge in [0.15, 0.2) is 5.96 Å². The molecular formula is C17H24FN5. The molecule has 2 N–H and O–H groups in total. The van der Waals surface area contributed by atoms with E-state index in [1.165, 1.54) is 6.07 Å². The zero-order valence-electron chi connectivity index (χ0n) is 14.0. The van der Waals surface area contributed by atoms with Gasteiger partial charge in [0.2, 0.25) is 0 Å². The minimum absolute atomic E-state index is 0.277. The van der Waals surface area contributed by atoms with Crippen LogP contribution in [0.3, 0.4) is 0 Å². The Labute approximate surface area is 136 Å². The summed E-state index contributed by atoms with van der Waals surface area (Å²) in [4.78, 5) is 8.13. The average molecular weight is 317 g/mol. The fraction of sp³-hybridized carbons (Fsp3) is 0.412. The van der Waals surface area contributed by atoms with Gasteiger partial charge in [-0.25, -0.2) is 9.37 Å². The number of hydrogen-bond acceptors (Lipinski definition) is 2. The van der Waals surface area contributed by atoms with E-state index < -0.39 is 0 Å². The average Bonchev–Trinajstić information content (AvgIpc) is 3.05. The van der Waals surface area contributed by atoms with Crippen molar-refractivity contribution in [2.45, 2.75) is 33.4 Å². The van der Waals surface area contributed by atoms with Crippen LogP contribution in [0.15, 0.2) is 41.9 Å². The maximum atomic E-state index is 14.2. The highest BCUT2D eigenvalue weighted by Crippen LogP contribution is 2.14. The number of rotatable bonds is 5. The molecule has 0 radical (unpaired) electrons. The lowest BCUT2D eigenvalue weighted by molar-refractivity contribution is 0.481. The first kappa shape index (κ1) is 17.0. The molecule has 1 atom stereocenters. The Morgan fingerprint density at radius 1 is 1.35 bits per heavy atom. The molecule has 0 fully saturated rings. The Morgan fingerprint density at radius 3 is 2.70 bits per heavy atom. The molecule has 0 saturated heterocycles. The highest BCUT2D eigenvalue weighted by Gasteiger charge is 2.09. The monoisotopic (exact) mass is 317 g/mol. The van der Waals surface area contributed by atoms with Gasteiger partial charge in [0.25, 0.3) is 0 Å². The van der Waals surface area contributed by atoms with E-state index in [1.807, 2.05) is 6.07 Å². The van der Waals surface area contributed by atoms with E-state index >= 15 is 0 Å². The maximum absolute atomic E-state index is 14.2. The third-order valence-corrected chi connectivity index (χ3v) is 3.84. The molecule has 0 bridgehead atoms. The molecule has 0 spiro atoms. The number of imidazole rings is 1. The highest BCUT2D eigenvalue weighted by molar-refractivity contribution is 5.79. The van der Waals surface area contributed by atoms with Crippen LogP contribution in [-0.2, 0) is 6.54 Å². The molecule has 5 nitrogen and oxygen atoms in total. The minimum atomic E-state index is -0.277. The van der Waals surface area contributed by atoms with Gasteiger partial charge in [-0.15, -0.1) is 0 Å². The molecule has 1 unspecified atom stereocenters. The van der Waals surface area contributed by atoms with Crippen LogP contribution >= 0.6 is 0 Å². The predicted octanol–water partition coefficient (Wildman–Crippen LogP) is 2.72. The van der Waals surface area contributed by atoms with Gasteiger partial charge < -0.3 is 15.2 Å². The Balaban J connectivity index is 1.99. The highest BCUT2D eigenvalue weighted by atomic mass is 19.1. The summed E-state index contributed by atoms with van der Waals surface area (Å²) in [5, 5.41) is 6.52. The molecule has 1 heterocycles. The third kappa shape index (κ3) is 4.55. The van der Waals surface area contributed by atoms with Gasteiger partial charge in [-0.2, -0.15) is 0 Å². The first-order valence-corrected chi connectivity index (χ1v) is 7.75. The molecule has 1 aromatic heterocycles. The van der Waals surface area contributed by atoms with Crippen molar-refractivity contribution in [2.75, 3.05) is 7.05 Å². The quantitative estimate of drug-likeness (QED) is 0.658. The zero-order valence-corrected chi connectivity index (χ0v) is 14.0. The number of nitrogens with zero attached hydrogens (tertiary/aromatic N) is 3. The molecule has 1 aromatic carbocycles. The largest absolute Gasteiger partial charge is 0.354 e. The van der Waals surface area contributed by atoms with Crippen molar-refractivity contribution >= 4 is 5.96 Å². The van der Waals surface area contributed by atoms with Gasteiger partial charge in [0.1, 0.15) is 5.82 Å². The van der Waals surface area contributed by atoms with E-state index in [1.54, 1.807) is 36.4 Å². The summed E-state index contributed by atoms with van der Waals surface area (Å²) in [5.41, 5.74) is 1.34. The van der Waals surface area contributed by atoms with Crippen LogP contribution in [0.4, 0.5) is 4.39 Å². The lowest BCUT2D eigenvalue weighted by Crippen LogP contribution is -2.43. The topological polar surface area (TPSA) is 54.2 Å². The number of benzene rings is 1. The maximum Gasteiger partial charge on any atom is 0.191 e. The van der Waals surface area contributed by atoms with E-state index in [0.717, 1.165) is 5.56 Å². The predicted molar refractivity (Wildman–Crippen MR) is 91.2 cm³/mol. The fourth-order valence-electron chi connectivity index (χ4n) is 2.03. The molecule has 2 aromatic rings. The minimum Gasteiger partial charge on any atom is -0.354 e. The van der Waals surface area contributed by atoms with Crippen LogP contribution < -0.4 is 10.6 Å². The van der Waals surface area contributed by atoms with Gasteiger partial charge in [0.05, 0.1) is 12.0 Å². The van der Waals surface area contributed by atoms with E-state index in [0.29, 0.717) is 30.2 Å². The Hall–Kier alpha value is -2.37. The Bertz CT molecular complexity index is 649. The van der Waals surface area contributed by atoms with Crippen molar-refractivity contribution in [3.8, 4) is 5.69 Å². The summed E-state index contributed by atoms with van der Waals surface area (Å²) >= 11 is 0. The molecule has 0 saturated carbocycles. The van der Waals surface area contributed by atoms with Crippen molar-refractivity contribution in [2.24, 2.45) is 10.9 Å². The van der Waals surface area contributed by atoms with Crippen molar-refractivity contribution < 1.29 is 4.39 Å². The normalized spacial score (nSPS) is 13.2. The van der Waals surface area contributed by atoms with Crippen molar-refractivity contribution in [3.05, 3.63) is 48.3 Å². The SMILES string of the molecule is CN=C(NCc1ccc(-n2ccnc2)c(F)c1)NC(C)C(C)C. The zero-order chi connectivity index (χ0) is 16.8. The van der Waals surface area contributed by atoms with Crippen LogP contribution in [0.2, 0.25) is 0 Å². The Kier molecular flexibility index (Phi) is 5.73. The van der Waals surface area contributed by atoms with Crippen LogP contribution in [0, 0.1) is 11.7 Å². The summed E-state index contributed by atoms with van der Waals surface area (Å²) in [7, 11) is 1.73. The molecular weight excluding hydrogens is 293 g/mol. The standard InChI is InChI=1S/C17H24FN5/c1-12(2)13(3)22-17(19-4)21-10-14-5-6-16(15(18)9-14)23-8-7-20-11-23/h5-9,11-13H,10H2,1-4H3,(H2,19,21,22). The molecule has 2 rings (SSSR count). The van der Waals surface area contributed by atoms with Crippen molar-refractivity contribution in [3.63, 3.8) is 0 Å². The molecule has 0 aliphatic heterocycles. The molecule has 0 aliphatic rings. The van der Waals surface area contributed by atoms with E-state index in [2.05, 4.69) is 41.4 Å². The van der Waals surface area contributed by atoms with E-state index in [-0.39, 0.29) is 5.82 Å². The summed E-state index contributed by atoms with van der Waals surface area (Å²) in [6.45, 7) is 6.91. The summed E-state index contributed by atoms with van der Waals surface area (Å²) in [6.07, 6.45) is 4.92. The third-order valence-electron chi connectivity index (χ3n) is 3.84. The van der Waals surface area contributed by atoms with Crippen LogP contribution in [0.1, 0.15) is 26.3 Å². The number of aliphatic imine (C=N–C) groups is 1. The second-order valence-corrected chi connectivity index (χ2v) is 5.86. The summed E-state index contributed by atoms with van der Waals surface area (Å²) < 4.78 is 15.9. The molecule has 6 heteroatoms. The lowest BCUT2D eigenvalue weighted by atomic mass is 10.1. The Morgan fingerprint density at radius 2 is 2.13 bits per heavy atom. The van der Waals surface area contributed by atoms with Gasteiger partial charge in [-0.1, -0.05) is 19.9 Å². The van der Waals surface area contributed by atoms with Crippen LogP contribution in [0.25, 0.3) is 5.69 Å². The summed E-state index contributed by atoms with van der Waals surface area (Å²) in [5.74, 6) is 0.937. The smallest absolute Gasteiger partial charge is 0.191 e. The van der Waals surface area contributed by atoms with Crippen molar-refractivity contribution in [1.29, 1.82) is 0 Å². The summed E-state index contributed by atoms with van der Waals surface area (Å²) in [6, 6.07) is 5.48. The second-order valence-electron chi connectivity index (χ2n) is 5.86. The number of halogens is 1. The van der Waals surface area contributed by atoms with Gasteiger partial charge in [0, 0.05) is 32.0 Å². The van der Waals surface area contributed by atoms with Gasteiger partial charge in [-0.3, -0.25) is 4.99 Å². The molecule has 124 valence electrons. The van der Waals surface area contributed by atoms with Crippen molar-refractivity contribution in [1.82, 2.24) is 20.2 Å². The number of guanidine groups is 1. The van der Waals surface area contributed by atoms with Crippen LogP contribution in [-0.4, -0.2) is 28.6 Å². The number of hydrogen-bond donors (Lipinski definition) is 2. The van der Waals surface area contributed by atoms with Gasteiger partial charge in [-0.05, 0) is 30.5 Å². The fourth-order valence-corrected chi connectivity index (χ4v) is 2.03. The van der Waals surface area contributed by atoms with Crippen LogP contribution in [0.5, 0.6) is 0 Å². The first-order chi connectivity index (χ1) is 11.0. The van der Waals surface area contributed by atoms with E-state index in [4.69, 9.17) is 0 Å². The number of nitrogens with one attached hydrogen (secondary N) is 2. The number of aromatic nitrogens is 2. The van der Waals surface area contributed by atoms with E-state index in [9.17, 15) is 4.39 Å². The molecule has 0 amide bonds. The first-order valence-electron chi connectivity index (χ1n) is 7.75.